The van der Waals surface area contributed by atoms with Crippen molar-refractivity contribution in [2.75, 3.05) is 26.2 Å². The predicted molar refractivity (Wildman–Crippen MR) is 33.0 cm³/mol. The maximum atomic E-state index is 10.6. The number of hydrogen-bond donors (Lipinski definition) is 0. The first-order chi connectivity index (χ1) is 4.83. The molecule has 0 bridgehead atoms. The minimum absolute atomic E-state index is 0.235. The second-order valence-electron chi connectivity index (χ2n) is 2.09. The maximum absolute atomic E-state index is 10.6. The van der Waals surface area contributed by atoms with Gasteiger partial charge in [0, 0.05) is 6.54 Å². The lowest BCUT2D eigenvalue weighted by Gasteiger charge is -2.22. The van der Waals surface area contributed by atoms with E-state index in [1.807, 2.05) is 6.07 Å². The molecule has 0 amide bonds. The SMILES string of the molecule is N#CCN1CCOC(=O)C1. The van der Waals surface area contributed by atoms with E-state index in [9.17, 15) is 4.79 Å². The predicted octanol–water partition coefficient (Wildman–Crippen LogP) is -0.631. The Kier molecular flexibility index (Phi) is 2.24. The molecule has 0 radical (unpaired) electrons. The summed E-state index contributed by atoms with van der Waals surface area (Å²) in [7, 11) is 0. The number of morpholine rings is 1. The zero-order chi connectivity index (χ0) is 7.40. The molecule has 1 aliphatic heterocycles. The van der Waals surface area contributed by atoms with E-state index in [2.05, 4.69) is 4.74 Å². The van der Waals surface area contributed by atoms with Crippen molar-refractivity contribution in [3.8, 4) is 6.07 Å². The Hall–Kier alpha value is -1.08. The van der Waals surface area contributed by atoms with Crippen molar-refractivity contribution in [3.05, 3.63) is 0 Å². The fraction of sp³-hybridized carbons (Fsp3) is 0.667. The molecule has 10 heavy (non-hydrogen) atoms. The van der Waals surface area contributed by atoms with Crippen LogP contribution < -0.4 is 0 Å². The number of carbonyl (C=O) groups is 1. The molecule has 1 saturated heterocycles. The van der Waals surface area contributed by atoms with Crippen molar-refractivity contribution in [1.82, 2.24) is 4.90 Å². The summed E-state index contributed by atoms with van der Waals surface area (Å²) in [5, 5.41) is 8.26. The van der Waals surface area contributed by atoms with E-state index in [0.717, 1.165) is 0 Å². The monoisotopic (exact) mass is 140 g/mol. The van der Waals surface area contributed by atoms with Crippen molar-refractivity contribution >= 4 is 5.97 Å². The number of hydrogen-bond acceptors (Lipinski definition) is 4. The van der Waals surface area contributed by atoms with Crippen molar-refractivity contribution in [3.63, 3.8) is 0 Å². The maximum Gasteiger partial charge on any atom is 0.320 e. The quantitative estimate of drug-likeness (QED) is 0.359. The third kappa shape index (κ3) is 1.71. The molecule has 0 saturated carbocycles. The highest BCUT2D eigenvalue weighted by molar-refractivity contribution is 5.72. The van der Waals surface area contributed by atoms with E-state index >= 15 is 0 Å². The van der Waals surface area contributed by atoms with E-state index in [1.165, 1.54) is 0 Å². The molecule has 1 rings (SSSR count). The average Bonchev–Trinajstić information content (AvgIpc) is 1.88. The Balaban J connectivity index is 2.34. The van der Waals surface area contributed by atoms with Crippen molar-refractivity contribution < 1.29 is 9.53 Å². The van der Waals surface area contributed by atoms with Crippen molar-refractivity contribution in [1.29, 1.82) is 5.26 Å². The van der Waals surface area contributed by atoms with Gasteiger partial charge in [-0.2, -0.15) is 5.26 Å². The molecule has 0 N–H and O–H groups in total. The van der Waals surface area contributed by atoms with Gasteiger partial charge in [-0.15, -0.1) is 0 Å². The number of carbonyl (C=O) groups excluding carboxylic acids is 1. The summed E-state index contributed by atoms with van der Waals surface area (Å²) >= 11 is 0. The molecule has 1 aliphatic rings. The van der Waals surface area contributed by atoms with Gasteiger partial charge in [0.25, 0.3) is 0 Å². The van der Waals surface area contributed by atoms with Gasteiger partial charge in [0.05, 0.1) is 19.2 Å². The highest BCUT2D eigenvalue weighted by Crippen LogP contribution is 1.95. The Morgan fingerprint density at radius 1 is 1.80 bits per heavy atom. The lowest BCUT2D eigenvalue weighted by molar-refractivity contribution is -0.150. The molecular formula is C6H8N2O2. The molecule has 0 unspecified atom stereocenters. The second-order valence-corrected chi connectivity index (χ2v) is 2.09. The molecule has 0 aromatic carbocycles. The van der Waals surface area contributed by atoms with Crippen LogP contribution in [-0.2, 0) is 9.53 Å². The Morgan fingerprint density at radius 3 is 3.20 bits per heavy atom. The van der Waals surface area contributed by atoms with Gasteiger partial charge in [0.1, 0.15) is 6.61 Å². The molecule has 4 heteroatoms. The van der Waals surface area contributed by atoms with Gasteiger partial charge < -0.3 is 4.74 Å². The lowest BCUT2D eigenvalue weighted by atomic mass is 10.4. The van der Waals surface area contributed by atoms with Gasteiger partial charge in [-0.1, -0.05) is 0 Å². The number of cyclic esters (lactones) is 1. The fourth-order valence-electron chi connectivity index (χ4n) is 0.831. The molecule has 1 fully saturated rings. The zero-order valence-corrected chi connectivity index (χ0v) is 5.54. The third-order valence-electron chi connectivity index (χ3n) is 1.32. The number of nitriles is 1. The van der Waals surface area contributed by atoms with E-state index < -0.39 is 0 Å². The van der Waals surface area contributed by atoms with E-state index in [0.29, 0.717) is 19.7 Å². The minimum atomic E-state index is -0.235. The first kappa shape index (κ1) is 7.03. The Labute approximate surface area is 59.0 Å². The smallest absolute Gasteiger partial charge is 0.320 e. The molecule has 0 spiro atoms. The summed E-state index contributed by atoms with van der Waals surface area (Å²) in [6.45, 7) is 1.67. The highest BCUT2D eigenvalue weighted by Gasteiger charge is 2.16. The summed E-state index contributed by atoms with van der Waals surface area (Å²) in [6.07, 6.45) is 0. The third-order valence-corrected chi connectivity index (χ3v) is 1.32. The van der Waals surface area contributed by atoms with E-state index in [-0.39, 0.29) is 12.5 Å². The zero-order valence-electron chi connectivity index (χ0n) is 5.54. The van der Waals surface area contributed by atoms with Crippen LogP contribution in [0.5, 0.6) is 0 Å². The molecule has 0 aromatic heterocycles. The normalized spacial score (nSPS) is 19.7. The van der Waals surface area contributed by atoms with E-state index in [4.69, 9.17) is 5.26 Å². The summed E-state index contributed by atoms with van der Waals surface area (Å²) in [4.78, 5) is 12.3. The summed E-state index contributed by atoms with van der Waals surface area (Å²) in [5.74, 6) is -0.235. The summed E-state index contributed by atoms with van der Waals surface area (Å²) in [5.41, 5.74) is 0. The molecule has 1 heterocycles. The number of esters is 1. The summed E-state index contributed by atoms with van der Waals surface area (Å²) < 4.78 is 4.66. The van der Waals surface area contributed by atoms with Crippen LogP contribution in [0.3, 0.4) is 0 Å². The Bertz CT molecular complexity index is 173. The molecular weight excluding hydrogens is 132 g/mol. The van der Waals surface area contributed by atoms with Gasteiger partial charge >= 0.3 is 5.97 Å². The molecule has 0 aliphatic carbocycles. The number of ether oxygens (including phenoxy) is 1. The van der Waals surface area contributed by atoms with Crippen LogP contribution in [0, 0.1) is 11.3 Å². The van der Waals surface area contributed by atoms with Crippen LogP contribution >= 0.6 is 0 Å². The average molecular weight is 140 g/mol. The first-order valence-electron chi connectivity index (χ1n) is 3.08. The molecule has 0 atom stereocenters. The molecule has 0 aromatic rings. The van der Waals surface area contributed by atoms with Crippen LogP contribution in [0.15, 0.2) is 0 Å². The second kappa shape index (κ2) is 3.18. The van der Waals surface area contributed by atoms with Gasteiger partial charge in [-0.25, -0.2) is 0 Å². The minimum Gasteiger partial charge on any atom is -0.463 e. The van der Waals surface area contributed by atoms with Crippen molar-refractivity contribution in [2.24, 2.45) is 0 Å². The lowest BCUT2D eigenvalue weighted by Crippen LogP contribution is -2.39. The number of rotatable bonds is 1. The van der Waals surface area contributed by atoms with Gasteiger partial charge in [0.15, 0.2) is 0 Å². The largest absolute Gasteiger partial charge is 0.463 e. The first-order valence-corrected chi connectivity index (χ1v) is 3.08. The molecule has 4 nitrogen and oxygen atoms in total. The van der Waals surface area contributed by atoms with Crippen LogP contribution in [-0.4, -0.2) is 37.1 Å². The fourth-order valence-corrected chi connectivity index (χ4v) is 0.831. The van der Waals surface area contributed by atoms with Crippen LogP contribution in [0.4, 0.5) is 0 Å². The van der Waals surface area contributed by atoms with Crippen LogP contribution in [0.25, 0.3) is 0 Å². The summed E-state index contributed by atoms with van der Waals surface area (Å²) in [6, 6.07) is 1.98. The van der Waals surface area contributed by atoms with Crippen molar-refractivity contribution in [2.45, 2.75) is 0 Å². The van der Waals surface area contributed by atoms with Crippen LogP contribution in [0.1, 0.15) is 0 Å². The van der Waals surface area contributed by atoms with Gasteiger partial charge in [-0.05, 0) is 0 Å². The number of nitrogens with zero attached hydrogens (tertiary/aromatic N) is 2. The molecule has 54 valence electrons. The topological polar surface area (TPSA) is 53.3 Å². The van der Waals surface area contributed by atoms with Gasteiger partial charge in [0.2, 0.25) is 0 Å². The van der Waals surface area contributed by atoms with Gasteiger partial charge in [-0.3, -0.25) is 9.69 Å². The van der Waals surface area contributed by atoms with E-state index in [1.54, 1.807) is 4.90 Å². The van der Waals surface area contributed by atoms with Crippen LogP contribution in [0.2, 0.25) is 0 Å². The Morgan fingerprint density at radius 2 is 2.60 bits per heavy atom. The highest BCUT2D eigenvalue weighted by atomic mass is 16.5. The standard InChI is InChI=1S/C6H8N2O2/c7-1-2-8-3-4-10-6(9)5-8/h2-5H2.